The zero-order chi connectivity index (χ0) is 19.6. The van der Waals surface area contributed by atoms with Gasteiger partial charge in [0.15, 0.2) is 0 Å². The lowest BCUT2D eigenvalue weighted by Crippen LogP contribution is -2.01. The summed E-state index contributed by atoms with van der Waals surface area (Å²) in [6.45, 7) is 4.86. The van der Waals surface area contributed by atoms with Crippen molar-refractivity contribution < 1.29 is 19.7 Å². The maximum absolute atomic E-state index is 11.1. The first kappa shape index (κ1) is 18.3. The number of carboxylic acid groups (broad SMARTS) is 1. The summed E-state index contributed by atoms with van der Waals surface area (Å²) in [5.74, 6) is -0.295. The largest absolute Gasteiger partial charge is 0.507 e. The van der Waals surface area contributed by atoms with Gasteiger partial charge in [0.05, 0.1) is 17.7 Å². The predicted octanol–water partition coefficient (Wildman–Crippen LogP) is 4.33. The second-order valence-corrected chi connectivity index (χ2v) is 6.74. The first-order chi connectivity index (χ1) is 12.9. The normalized spacial score (nSPS) is 10.9. The lowest BCUT2D eigenvalue weighted by Gasteiger charge is -2.10. The molecule has 0 unspecified atom stereocenters. The van der Waals surface area contributed by atoms with Crippen LogP contribution in [0.5, 0.6) is 11.5 Å². The average molecular weight is 364 g/mol. The van der Waals surface area contributed by atoms with Crippen LogP contribution in [0.1, 0.15) is 36.2 Å². The Morgan fingerprint density at radius 2 is 2.04 bits per heavy atom. The van der Waals surface area contributed by atoms with Crippen molar-refractivity contribution in [1.82, 2.24) is 4.57 Å². The van der Waals surface area contributed by atoms with Gasteiger partial charge in [-0.2, -0.15) is 5.26 Å². The SMILES string of the molecule is CC(C)CCOc1ccc2c(C#N)cn(-c3ccc(C(=O)O)c(O)c3)c2c1. The van der Waals surface area contributed by atoms with Gasteiger partial charge in [-0.15, -0.1) is 0 Å². The second kappa shape index (κ2) is 7.42. The molecule has 2 N–H and O–H groups in total. The molecule has 0 amide bonds. The van der Waals surface area contributed by atoms with Crippen LogP contribution in [-0.4, -0.2) is 27.4 Å². The van der Waals surface area contributed by atoms with Crippen LogP contribution >= 0.6 is 0 Å². The van der Waals surface area contributed by atoms with Crippen molar-refractivity contribution in [3.05, 3.63) is 53.7 Å². The topological polar surface area (TPSA) is 95.5 Å². The molecule has 6 nitrogen and oxygen atoms in total. The van der Waals surface area contributed by atoms with E-state index in [4.69, 9.17) is 9.84 Å². The molecule has 27 heavy (non-hydrogen) atoms. The van der Waals surface area contributed by atoms with Crippen LogP contribution < -0.4 is 4.74 Å². The van der Waals surface area contributed by atoms with Gasteiger partial charge in [0.2, 0.25) is 0 Å². The summed E-state index contributed by atoms with van der Waals surface area (Å²) in [5, 5.41) is 29.2. The van der Waals surface area contributed by atoms with Crippen molar-refractivity contribution in [2.75, 3.05) is 6.61 Å². The van der Waals surface area contributed by atoms with Gasteiger partial charge in [-0.3, -0.25) is 0 Å². The number of hydrogen-bond acceptors (Lipinski definition) is 4. The minimum atomic E-state index is -1.20. The molecule has 138 valence electrons. The van der Waals surface area contributed by atoms with E-state index in [1.165, 1.54) is 12.1 Å². The molecule has 6 heteroatoms. The molecule has 0 radical (unpaired) electrons. The molecule has 0 atom stereocenters. The zero-order valence-corrected chi connectivity index (χ0v) is 15.1. The zero-order valence-electron chi connectivity index (χ0n) is 15.1. The van der Waals surface area contributed by atoms with Gasteiger partial charge >= 0.3 is 5.97 Å². The Kier molecular flexibility index (Phi) is 5.04. The van der Waals surface area contributed by atoms with E-state index in [0.717, 1.165) is 17.3 Å². The number of nitrogens with zero attached hydrogens (tertiary/aromatic N) is 2. The Balaban J connectivity index is 2.05. The highest BCUT2D eigenvalue weighted by molar-refractivity contribution is 5.92. The molecule has 3 aromatic rings. The monoisotopic (exact) mass is 364 g/mol. The van der Waals surface area contributed by atoms with Crippen LogP contribution in [0.4, 0.5) is 0 Å². The molecule has 0 fully saturated rings. The van der Waals surface area contributed by atoms with E-state index < -0.39 is 5.97 Å². The summed E-state index contributed by atoms with van der Waals surface area (Å²) < 4.78 is 7.55. The first-order valence-electron chi connectivity index (χ1n) is 8.65. The van der Waals surface area contributed by atoms with Gasteiger partial charge in [0, 0.05) is 29.4 Å². The third-order valence-electron chi connectivity index (χ3n) is 4.35. The first-order valence-corrected chi connectivity index (χ1v) is 8.65. The number of aromatic nitrogens is 1. The van der Waals surface area contributed by atoms with Gasteiger partial charge < -0.3 is 19.5 Å². The molecule has 1 aromatic heterocycles. The number of ether oxygens (including phenoxy) is 1. The molecular weight excluding hydrogens is 344 g/mol. The molecule has 2 aromatic carbocycles. The van der Waals surface area contributed by atoms with E-state index >= 15 is 0 Å². The average Bonchev–Trinajstić information content (AvgIpc) is 2.99. The number of fused-ring (bicyclic) bond motifs is 1. The Labute approximate surface area is 156 Å². The fraction of sp³-hybridized carbons (Fsp3) is 0.238. The highest BCUT2D eigenvalue weighted by Crippen LogP contribution is 2.30. The third kappa shape index (κ3) is 3.72. The number of aromatic carboxylic acids is 1. The summed E-state index contributed by atoms with van der Waals surface area (Å²) in [5.41, 5.74) is 1.62. The van der Waals surface area contributed by atoms with E-state index in [-0.39, 0.29) is 11.3 Å². The number of aromatic hydroxyl groups is 1. The van der Waals surface area contributed by atoms with Crippen LogP contribution in [0, 0.1) is 17.2 Å². The van der Waals surface area contributed by atoms with Crippen LogP contribution in [0.15, 0.2) is 42.6 Å². The number of phenols is 1. The Bertz CT molecular complexity index is 1040. The summed E-state index contributed by atoms with van der Waals surface area (Å²) in [7, 11) is 0. The standard InChI is InChI=1S/C21H20N2O4/c1-13(2)7-8-27-16-4-6-17-14(11-22)12-23(19(17)10-16)15-3-5-18(21(25)26)20(24)9-15/h3-6,9-10,12-13,24H,7-8H2,1-2H3,(H,25,26). The Hall–Kier alpha value is -3.46. The number of carboxylic acids is 1. The van der Waals surface area contributed by atoms with Crippen molar-refractivity contribution in [2.45, 2.75) is 20.3 Å². The molecule has 0 aliphatic heterocycles. The number of benzene rings is 2. The summed E-state index contributed by atoms with van der Waals surface area (Å²) >= 11 is 0. The quantitative estimate of drug-likeness (QED) is 0.679. The van der Waals surface area contributed by atoms with E-state index in [0.29, 0.717) is 29.5 Å². The molecule has 0 bridgehead atoms. The molecule has 1 heterocycles. The fourth-order valence-corrected chi connectivity index (χ4v) is 2.86. The highest BCUT2D eigenvalue weighted by atomic mass is 16.5. The summed E-state index contributed by atoms with van der Waals surface area (Å²) in [6, 6.07) is 12.0. The van der Waals surface area contributed by atoms with Crippen molar-refractivity contribution in [3.8, 4) is 23.3 Å². The number of carbonyl (C=O) groups is 1. The number of hydrogen-bond donors (Lipinski definition) is 2. The van der Waals surface area contributed by atoms with Gasteiger partial charge in [-0.1, -0.05) is 13.8 Å². The van der Waals surface area contributed by atoms with Crippen molar-refractivity contribution in [2.24, 2.45) is 5.92 Å². The van der Waals surface area contributed by atoms with Gasteiger partial charge in [0.25, 0.3) is 0 Å². The van der Waals surface area contributed by atoms with Gasteiger partial charge in [-0.25, -0.2) is 4.79 Å². The minimum Gasteiger partial charge on any atom is -0.507 e. The molecular formula is C21H20N2O4. The molecule has 0 spiro atoms. The van der Waals surface area contributed by atoms with Crippen LogP contribution in [0.2, 0.25) is 0 Å². The Morgan fingerprint density at radius 3 is 2.67 bits per heavy atom. The predicted molar refractivity (Wildman–Crippen MR) is 102 cm³/mol. The smallest absolute Gasteiger partial charge is 0.339 e. The van der Waals surface area contributed by atoms with E-state index in [2.05, 4.69) is 19.9 Å². The third-order valence-corrected chi connectivity index (χ3v) is 4.35. The maximum atomic E-state index is 11.1. The second-order valence-electron chi connectivity index (χ2n) is 6.74. The molecule has 0 saturated carbocycles. The minimum absolute atomic E-state index is 0.173. The summed E-state index contributed by atoms with van der Waals surface area (Å²) in [4.78, 5) is 11.1. The van der Waals surface area contributed by atoms with E-state index in [1.807, 2.05) is 18.2 Å². The lowest BCUT2D eigenvalue weighted by molar-refractivity contribution is 0.0693. The van der Waals surface area contributed by atoms with Crippen LogP contribution in [0.3, 0.4) is 0 Å². The molecule has 0 aliphatic rings. The molecule has 3 rings (SSSR count). The van der Waals surface area contributed by atoms with Crippen molar-refractivity contribution >= 4 is 16.9 Å². The van der Waals surface area contributed by atoms with E-state index in [1.54, 1.807) is 16.8 Å². The number of nitriles is 1. The van der Waals surface area contributed by atoms with Crippen LogP contribution in [0.25, 0.3) is 16.6 Å². The van der Waals surface area contributed by atoms with Gasteiger partial charge in [0.1, 0.15) is 23.1 Å². The molecule has 0 aliphatic carbocycles. The maximum Gasteiger partial charge on any atom is 0.339 e. The fourth-order valence-electron chi connectivity index (χ4n) is 2.86. The summed E-state index contributed by atoms with van der Waals surface area (Å²) in [6.07, 6.45) is 2.60. The van der Waals surface area contributed by atoms with Crippen molar-refractivity contribution in [3.63, 3.8) is 0 Å². The van der Waals surface area contributed by atoms with Gasteiger partial charge in [-0.05, 0) is 36.6 Å². The lowest BCUT2D eigenvalue weighted by atomic mass is 10.1. The van der Waals surface area contributed by atoms with Crippen molar-refractivity contribution in [1.29, 1.82) is 5.26 Å². The molecule has 0 saturated heterocycles. The van der Waals surface area contributed by atoms with Crippen LogP contribution in [-0.2, 0) is 0 Å². The van der Waals surface area contributed by atoms with E-state index in [9.17, 15) is 15.2 Å². The Morgan fingerprint density at radius 1 is 1.26 bits per heavy atom. The number of rotatable bonds is 6. The highest BCUT2D eigenvalue weighted by Gasteiger charge is 2.14.